The molecule has 1 aromatic heterocycles. The predicted octanol–water partition coefficient (Wildman–Crippen LogP) is 2.92. The molecule has 1 heterocycles. The number of amides is 1. The van der Waals surface area contributed by atoms with E-state index in [2.05, 4.69) is 41.6 Å². The number of aromatic nitrogens is 2. The van der Waals surface area contributed by atoms with E-state index in [4.69, 9.17) is 4.42 Å². The standard InChI is InChI=1S/C18H32N4O3S/c1-12(2)11-13(20-14(23)7-8-18(3,4)5)15(24)16-21-22-17(25-16)26-10-9-19-6/h12-13,19H,7-11H2,1-6H3,(H,20,23)/t13-/m0/s1. The number of hydrogen-bond acceptors (Lipinski definition) is 7. The Kier molecular flexibility index (Phi) is 9.29. The van der Waals surface area contributed by atoms with E-state index in [1.807, 2.05) is 20.9 Å². The molecule has 0 aliphatic heterocycles. The number of nitrogens with zero attached hydrogens (tertiary/aromatic N) is 2. The molecule has 1 amide bonds. The third kappa shape index (κ3) is 8.80. The van der Waals surface area contributed by atoms with Gasteiger partial charge in [-0.2, -0.15) is 0 Å². The lowest BCUT2D eigenvalue weighted by atomic mass is 9.90. The zero-order valence-electron chi connectivity index (χ0n) is 16.7. The Bertz CT molecular complexity index is 581. The van der Waals surface area contributed by atoms with Crippen LogP contribution in [0.4, 0.5) is 0 Å². The first-order chi connectivity index (χ1) is 12.1. The fourth-order valence-electron chi connectivity index (χ4n) is 2.22. The highest BCUT2D eigenvalue weighted by molar-refractivity contribution is 7.99. The summed E-state index contributed by atoms with van der Waals surface area (Å²) in [4.78, 5) is 25.0. The molecule has 0 saturated heterocycles. The molecule has 0 aliphatic rings. The highest BCUT2D eigenvalue weighted by Gasteiger charge is 2.28. The summed E-state index contributed by atoms with van der Waals surface area (Å²) >= 11 is 1.39. The number of carbonyl (C=O) groups is 2. The lowest BCUT2D eigenvalue weighted by Crippen LogP contribution is -2.42. The molecular formula is C18H32N4O3S. The van der Waals surface area contributed by atoms with Gasteiger partial charge in [-0.3, -0.25) is 9.59 Å². The Morgan fingerprint density at radius 3 is 2.50 bits per heavy atom. The van der Waals surface area contributed by atoms with E-state index >= 15 is 0 Å². The minimum Gasteiger partial charge on any atom is -0.408 e. The third-order valence-electron chi connectivity index (χ3n) is 3.66. The topological polar surface area (TPSA) is 97.1 Å². The van der Waals surface area contributed by atoms with E-state index in [9.17, 15) is 9.59 Å². The second kappa shape index (κ2) is 10.7. The van der Waals surface area contributed by atoms with Crippen LogP contribution in [0.3, 0.4) is 0 Å². The molecule has 26 heavy (non-hydrogen) atoms. The molecular weight excluding hydrogens is 352 g/mol. The Morgan fingerprint density at radius 1 is 1.23 bits per heavy atom. The molecule has 8 heteroatoms. The summed E-state index contributed by atoms with van der Waals surface area (Å²) in [6.07, 6.45) is 1.68. The van der Waals surface area contributed by atoms with Crippen LogP contribution in [0, 0.1) is 11.3 Å². The zero-order chi connectivity index (χ0) is 19.7. The summed E-state index contributed by atoms with van der Waals surface area (Å²) < 4.78 is 5.46. The van der Waals surface area contributed by atoms with E-state index in [0.717, 1.165) is 18.7 Å². The predicted molar refractivity (Wildman–Crippen MR) is 103 cm³/mol. The van der Waals surface area contributed by atoms with Crippen molar-refractivity contribution in [3.8, 4) is 0 Å². The quantitative estimate of drug-likeness (QED) is 0.344. The van der Waals surface area contributed by atoms with Crippen LogP contribution in [0.1, 0.15) is 64.6 Å². The highest BCUT2D eigenvalue weighted by atomic mass is 32.2. The van der Waals surface area contributed by atoms with Crippen LogP contribution in [0.2, 0.25) is 0 Å². The van der Waals surface area contributed by atoms with E-state index in [0.29, 0.717) is 18.1 Å². The lowest BCUT2D eigenvalue weighted by molar-refractivity contribution is -0.122. The minimum atomic E-state index is -0.641. The van der Waals surface area contributed by atoms with Gasteiger partial charge in [0.2, 0.25) is 11.7 Å². The molecule has 0 fully saturated rings. The van der Waals surface area contributed by atoms with Crippen LogP contribution in [0.5, 0.6) is 0 Å². The molecule has 0 bridgehead atoms. The van der Waals surface area contributed by atoms with Crippen LogP contribution in [0.25, 0.3) is 0 Å². The molecule has 0 unspecified atom stereocenters. The average Bonchev–Trinajstić information content (AvgIpc) is 2.99. The van der Waals surface area contributed by atoms with Crippen molar-refractivity contribution in [1.82, 2.24) is 20.8 Å². The normalized spacial score (nSPS) is 13.0. The van der Waals surface area contributed by atoms with E-state index in [1.54, 1.807) is 0 Å². The van der Waals surface area contributed by atoms with E-state index in [-0.39, 0.29) is 28.9 Å². The van der Waals surface area contributed by atoms with Gasteiger partial charge in [-0.25, -0.2) is 0 Å². The average molecular weight is 385 g/mol. The van der Waals surface area contributed by atoms with Gasteiger partial charge in [0.25, 0.3) is 11.1 Å². The second-order valence-corrected chi connectivity index (χ2v) is 9.05. The van der Waals surface area contributed by atoms with Crippen LogP contribution in [-0.4, -0.2) is 47.3 Å². The maximum absolute atomic E-state index is 12.7. The van der Waals surface area contributed by atoms with Gasteiger partial charge in [-0.1, -0.05) is 46.4 Å². The maximum atomic E-state index is 12.7. The monoisotopic (exact) mass is 384 g/mol. The van der Waals surface area contributed by atoms with Gasteiger partial charge in [0.1, 0.15) is 0 Å². The van der Waals surface area contributed by atoms with Gasteiger partial charge in [-0.15, -0.1) is 10.2 Å². The SMILES string of the molecule is CNCCSc1nnc(C(=O)[C@H](CC(C)C)NC(=O)CCC(C)(C)C)o1. The Balaban J connectivity index is 2.72. The minimum absolute atomic E-state index is 0.0428. The van der Waals surface area contributed by atoms with Gasteiger partial charge >= 0.3 is 0 Å². The van der Waals surface area contributed by atoms with Crippen molar-refractivity contribution in [3.05, 3.63) is 5.89 Å². The summed E-state index contributed by atoms with van der Waals surface area (Å²) in [7, 11) is 1.86. The number of thioether (sulfide) groups is 1. The molecule has 0 radical (unpaired) electrons. The first-order valence-corrected chi connectivity index (χ1v) is 10.1. The number of ketones is 1. The Morgan fingerprint density at radius 2 is 1.92 bits per heavy atom. The second-order valence-electron chi connectivity index (χ2n) is 8.00. The fraction of sp³-hybridized carbons (Fsp3) is 0.778. The molecule has 1 rings (SSSR count). The largest absolute Gasteiger partial charge is 0.408 e. The molecule has 0 saturated carbocycles. The van der Waals surface area contributed by atoms with Gasteiger partial charge in [0, 0.05) is 18.7 Å². The van der Waals surface area contributed by atoms with Gasteiger partial charge in [-0.05, 0) is 31.2 Å². The lowest BCUT2D eigenvalue weighted by Gasteiger charge is -2.20. The fourth-order valence-corrected chi connectivity index (χ4v) is 2.93. The van der Waals surface area contributed by atoms with E-state index in [1.165, 1.54) is 11.8 Å². The summed E-state index contributed by atoms with van der Waals surface area (Å²) in [6.45, 7) is 11.1. The molecule has 7 nitrogen and oxygen atoms in total. The smallest absolute Gasteiger partial charge is 0.286 e. The number of Topliss-reactive ketones (excluding diaryl/α,β-unsaturated/α-hetero) is 1. The maximum Gasteiger partial charge on any atom is 0.286 e. The van der Waals surface area contributed by atoms with Gasteiger partial charge in [0.05, 0.1) is 6.04 Å². The van der Waals surface area contributed by atoms with Crippen molar-refractivity contribution in [2.45, 2.75) is 65.1 Å². The number of hydrogen-bond donors (Lipinski definition) is 2. The number of carbonyl (C=O) groups excluding carboxylic acids is 2. The Labute approximate surface area is 160 Å². The molecule has 0 aromatic carbocycles. The highest BCUT2D eigenvalue weighted by Crippen LogP contribution is 2.21. The molecule has 1 atom stereocenters. The summed E-state index contributed by atoms with van der Waals surface area (Å²) in [5.74, 6) is 0.529. The van der Waals surface area contributed by atoms with Crippen molar-refractivity contribution in [1.29, 1.82) is 0 Å². The zero-order valence-corrected chi connectivity index (χ0v) is 17.5. The van der Waals surface area contributed by atoms with Crippen molar-refractivity contribution >= 4 is 23.5 Å². The summed E-state index contributed by atoms with van der Waals surface area (Å²) in [6, 6.07) is -0.641. The van der Waals surface area contributed by atoms with Crippen molar-refractivity contribution < 1.29 is 14.0 Å². The number of rotatable bonds is 11. The molecule has 0 aliphatic carbocycles. The molecule has 0 spiro atoms. The summed E-state index contributed by atoms with van der Waals surface area (Å²) in [5.41, 5.74) is 0.0703. The first-order valence-electron chi connectivity index (χ1n) is 9.07. The number of nitrogens with one attached hydrogen (secondary N) is 2. The van der Waals surface area contributed by atoms with Gasteiger partial charge < -0.3 is 15.1 Å². The van der Waals surface area contributed by atoms with Crippen LogP contribution in [-0.2, 0) is 4.79 Å². The Hall–Kier alpha value is -1.41. The summed E-state index contributed by atoms with van der Waals surface area (Å²) in [5, 5.41) is 14.0. The van der Waals surface area contributed by atoms with Crippen molar-refractivity contribution in [3.63, 3.8) is 0 Å². The molecule has 1 aromatic rings. The van der Waals surface area contributed by atoms with Crippen molar-refractivity contribution in [2.75, 3.05) is 19.3 Å². The van der Waals surface area contributed by atoms with Crippen molar-refractivity contribution in [2.24, 2.45) is 11.3 Å². The molecule has 2 N–H and O–H groups in total. The first kappa shape index (κ1) is 22.6. The van der Waals surface area contributed by atoms with Crippen LogP contribution in [0.15, 0.2) is 9.64 Å². The third-order valence-corrected chi connectivity index (χ3v) is 4.48. The van der Waals surface area contributed by atoms with Crippen LogP contribution < -0.4 is 10.6 Å². The van der Waals surface area contributed by atoms with Crippen LogP contribution >= 0.6 is 11.8 Å². The molecule has 148 valence electrons. The van der Waals surface area contributed by atoms with E-state index < -0.39 is 6.04 Å². The van der Waals surface area contributed by atoms with Gasteiger partial charge in [0.15, 0.2) is 0 Å².